The van der Waals surface area contributed by atoms with Gasteiger partial charge in [-0.25, -0.2) is 4.79 Å². The molecule has 0 aliphatic carbocycles. The Morgan fingerprint density at radius 3 is 2.00 bits per heavy atom. The maximum absolute atomic E-state index is 10.9. The number of hydrogen-bond donors (Lipinski definition) is 2. The van der Waals surface area contributed by atoms with Crippen LogP contribution in [0.5, 0.6) is 11.5 Å². The zero-order chi connectivity index (χ0) is 18.1. The van der Waals surface area contributed by atoms with Gasteiger partial charge in [0, 0.05) is 10.0 Å². The standard InChI is InChI=1S/C17H23Br3O4/c1-2-3-4-5-6-7-8-9-10-11-12(18)13(19)14(20)15(21)16(11)24-17(22)23/h21H,2-10H2,1H3,(H,22,23). The zero-order valence-corrected chi connectivity index (χ0v) is 18.5. The van der Waals surface area contributed by atoms with E-state index in [2.05, 4.69) is 54.7 Å². The Labute approximate surface area is 168 Å². The van der Waals surface area contributed by atoms with E-state index in [9.17, 15) is 9.90 Å². The van der Waals surface area contributed by atoms with Crippen LogP contribution in [0.2, 0.25) is 0 Å². The summed E-state index contributed by atoms with van der Waals surface area (Å²) in [4.78, 5) is 10.9. The number of hydrogen-bond acceptors (Lipinski definition) is 3. The number of phenolic OH excluding ortho intramolecular Hbond substituents is 1. The second kappa shape index (κ2) is 11.4. The molecule has 0 spiro atoms. The van der Waals surface area contributed by atoms with Crippen molar-refractivity contribution < 1.29 is 19.7 Å². The summed E-state index contributed by atoms with van der Waals surface area (Å²) in [7, 11) is 0. The number of rotatable bonds is 10. The maximum Gasteiger partial charge on any atom is 0.511 e. The lowest BCUT2D eigenvalue weighted by Gasteiger charge is -2.15. The van der Waals surface area contributed by atoms with Gasteiger partial charge in [-0.1, -0.05) is 51.9 Å². The largest absolute Gasteiger partial charge is 0.511 e. The normalized spacial score (nSPS) is 10.8. The van der Waals surface area contributed by atoms with E-state index in [1.165, 1.54) is 38.5 Å². The van der Waals surface area contributed by atoms with Gasteiger partial charge in [0.25, 0.3) is 0 Å². The lowest BCUT2D eigenvalue weighted by molar-refractivity contribution is 0.142. The SMILES string of the molecule is CCCCCCCCCCc1c(Br)c(Br)c(Br)c(O)c1OC(=O)O. The molecule has 1 rings (SSSR count). The predicted molar refractivity (Wildman–Crippen MR) is 106 cm³/mol. The summed E-state index contributed by atoms with van der Waals surface area (Å²) in [6.45, 7) is 2.21. The third-order valence-corrected chi connectivity index (χ3v) is 7.32. The molecule has 0 aromatic heterocycles. The molecule has 136 valence electrons. The van der Waals surface area contributed by atoms with Gasteiger partial charge in [0.1, 0.15) is 0 Å². The fourth-order valence-electron chi connectivity index (χ4n) is 2.53. The summed E-state index contributed by atoms with van der Waals surface area (Å²) in [5, 5.41) is 19.1. The molecule has 1 aromatic rings. The molecule has 2 N–H and O–H groups in total. The monoisotopic (exact) mass is 528 g/mol. The molecule has 0 aliphatic heterocycles. The number of aromatic hydroxyl groups is 1. The third-order valence-electron chi connectivity index (χ3n) is 3.82. The first-order valence-corrected chi connectivity index (χ1v) is 10.6. The highest BCUT2D eigenvalue weighted by Crippen LogP contribution is 2.48. The van der Waals surface area contributed by atoms with E-state index in [0.717, 1.165) is 12.8 Å². The molecule has 1 aromatic carbocycles. The Hall–Kier alpha value is -0.270. The Bertz CT molecular complexity index is 562. The second-order valence-electron chi connectivity index (χ2n) is 5.69. The molecular weight excluding hydrogens is 508 g/mol. The number of benzene rings is 1. The van der Waals surface area contributed by atoms with Gasteiger partial charge in [-0.15, -0.1) is 0 Å². The van der Waals surface area contributed by atoms with Crippen molar-refractivity contribution in [3.05, 3.63) is 19.0 Å². The summed E-state index contributed by atoms with van der Waals surface area (Å²) in [6, 6.07) is 0. The molecule has 0 atom stereocenters. The smallest absolute Gasteiger partial charge is 0.503 e. The van der Waals surface area contributed by atoms with Crippen LogP contribution in [0.1, 0.15) is 63.9 Å². The molecule has 0 bridgehead atoms. The second-order valence-corrected chi connectivity index (χ2v) is 8.07. The van der Waals surface area contributed by atoms with Crippen LogP contribution in [0.3, 0.4) is 0 Å². The van der Waals surface area contributed by atoms with E-state index >= 15 is 0 Å². The van der Waals surface area contributed by atoms with E-state index in [0.29, 0.717) is 25.4 Å². The number of halogens is 3. The fourth-order valence-corrected chi connectivity index (χ4v) is 4.18. The maximum atomic E-state index is 10.9. The molecule has 0 saturated heterocycles. The minimum absolute atomic E-state index is 0.00704. The summed E-state index contributed by atoms with van der Waals surface area (Å²) >= 11 is 10.1. The van der Waals surface area contributed by atoms with Crippen LogP contribution in [-0.4, -0.2) is 16.4 Å². The van der Waals surface area contributed by atoms with Gasteiger partial charge in [0.05, 0.1) is 8.95 Å². The highest BCUT2D eigenvalue weighted by Gasteiger charge is 2.23. The number of ether oxygens (including phenoxy) is 1. The summed E-state index contributed by atoms with van der Waals surface area (Å²) in [5.41, 5.74) is 0.663. The molecular formula is C17H23Br3O4. The number of carboxylic acid groups (broad SMARTS) is 1. The lowest BCUT2D eigenvalue weighted by Crippen LogP contribution is -2.07. The molecule has 7 heteroatoms. The Morgan fingerprint density at radius 1 is 0.917 bits per heavy atom. The van der Waals surface area contributed by atoms with Crippen LogP contribution < -0.4 is 4.74 Å². The van der Waals surface area contributed by atoms with Crippen molar-refractivity contribution in [1.82, 2.24) is 0 Å². The molecule has 0 unspecified atom stereocenters. The van der Waals surface area contributed by atoms with Gasteiger partial charge in [-0.2, -0.15) is 0 Å². The number of carbonyl (C=O) groups is 1. The van der Waals surface area contributed by atoms with E-state index < -0.39 is 6.16 Å². The van der Waals surface area contributed by atoms with Gasteiger partial charge in [0.2, 0.25) is 0 Å². The quantitative estimate of drug-likeness (QED) is 0.143. The molecule has 0 saturated carbocycles. The van der Waals surface area contributed by atoms with Crippen molar-refractivity contribution in [3.8, 4) is 11.5 Å². The predicted octanol–water partition coefficient (Wildman–Crippen LogP) is 7.42. The minimum atomic E-state index is -1.44. The average molecular weight is 531 g/mol. The van der Waals surface area contributed by atoms with Crippen molar-refractivity contribution in [2.45, 2.75) is 64.7 Å². The summed E-state index contributed by atoms with van der Waals surface area (Å²) in [5.74, 6) is -0.213. The molecule has 4 nitrogen and oxygen atoms in total. The molecule has 0 heterocycles. The van der Waals surface area contributed by atoms with E-state index in [-0.39, 0.29) is 11.5 Å². The van der Waals surface area contributed by atoms with Crippen molar-refractivity contribution in [2.75, 3.05) is 0 Å². The van der Waals surface area contributed by atoms with E-state index in [4.69, 9.17) is 9.84 Å². The van der Waals surface area contributed by atoms with Crippen molar-refractivity contribution in [2.24, 2.45) is 0 Å². The van der Waals surface area contributed by atoms with Gasteiger partial charge >= 0.3 is 6.16 Å². The van der Waals surface area contributed by atoms with Gasteiger partial charge in [-0.05, 0) is 60.6 Å². The highest BCUT2D eigenvalue weighted by atomic mass is 79.9. The third kappa shape index (κ3) is 6.56. The van der Waals surface area contributed by atoms with Crippen LogP contribution in [0.4, 0.5) is 4.79 Å². The number of unbranched alkanes of at least 4 members (excludes halogenated alkanes) is 7. The Kier molecular flexibility index (Phi) is 10.3. The van der Waals surface area contributed by atoms with Crippen LogP contribution in [-0.2, 0) is 6.42 Å². The number of phenols is 1. The fraction of sp³-hybridized carbons (Fsp3) is 0.588. The first-order chi connectivity index (χ1) is 11.4. The van der Waals surface area contributed by atoms with Gasteiger partial charge < -0.3 is 14.9 Å². The first-order valence-electron chi connectivity index (χ1n) is 8.19. The van der Waals surface area contributed by atoms with E-state index in [1.54, 1.807) is 0 Å². The zero-order valence-electron chi connectivity index (χ0n) is 13.7. The minimum Gasteiger partial charge on any atom is -0.503 e. The highest BCUT2D eigenvalue weighted by molar-refractivity contribution is 9.14. The molecule has 0 aliphatic rings. The Balaban J connectivity index is 2.67. The van der Waals surface area contributed by atoms with E-state index in [1.807, 2.05) is 0 Å². The summed E-state index contributed by atoms with van der Waals surface area (Å²) < 4.78 is 6.51. The molecule has 0 fully saturated rings. The molecule has 0 amide bonds. The van der Waals surface area contributed by atoms with Gasteiger partial charge in [-0.3, -0.25) is 0 Å². The van der Waals surface area contributed by atoms with Crippen LogP contribution >= 0.6 is 47.8 Å². The van der Waals surface area contributed by atoms with Crippen molar-refractivity contribution >= 4 is 53.9 Å². The lowest BCUT2D eigenvalue weighted by atomic mass is 10.0. The Morgan fingerprint density at radius 2 is 1.46 bits per heavy atom. The van der Waals surface area contributed by atoms with Crippen molar-refractivity contribution in [3.63, 3.8) is 0 Å². The molecule has 0 radical (unpaired) electrons. The topological polar surface area (TPSA) is 66.8 Å². The van der Waals surface area contributed by atoms with Crippen LogP contribution in [0, 0.1) is 0 Å². The van der Waals surface area contributed by atoms with Gasteiger partial charge in [0.15, 0.2) is 11.5 Å². The molecule has 24 heavy (non-hydrogen) atoms. The summed E-state index contributed by atoms with van der Waals surface area (Å²) in [6.07, 6.45) is 8.70. The average Bonchev–Trinajstić information content (AvgIpc) is 2.55. The first kappa shape index (κ1) is 21.8. The van der Waals surface area contributed by atoms with Crippen molar-refractivity contribution in [1.29, 1.82) is 0 Å². The van der Waals surface area contributed by atoms with Crippen LogP contribution in [0.15, 0.2) is 13.4 Å². The van der Waals surface area contributed by atoms with Crippen LogP contribution in [0.25, 0.3) is 0 Å².